The molecule has 0 N–H and O–H groups in total. The van der Waals surface area contributed by atoms with Crippen molar-refractivity contribution in [3.8, 4) is 0 Å². The fraction of sp³-hybridized carbons (Fsp3) is 0.533. The topological polar surface area (TPSA) is 32.8 Å². The van der Waals surface area contributed by atoms with E-state index in [1.165, 1.54) is 0 Å². The van der Waals surface area contributed by atoms with Crippen LogP contribution in [0.1, 0.15) is 38.4 Å². The van der Waals surface area contributed by atoms with E-state index in [0.717, 1.165) is 18.4 Å². The minimum atomic E-state index is -0.254. The molecule has 2 fully saturated rings. The molecule has 1 aromatic carbocycles. The van der Waals surface area contributed by atoms with Crippen LogP contribution < -0.4 is 0 Å². The molecular weight excluding hydrogens is 226 g/mol. The third-order valence-corrected chi connectivity index (χ3v) is 4.07. The zero-order chi connectivity index (χ0) is 12.7. The minimum absolute atomic E-state index is 0.0290. The van der Waals surface area contributed by atoms with E-state index in [0.29, 0.717) is 12.1 Å². The lowest BCUT2D eigenvalue weighted by molar-refractivity contribution is -0.134. The standard InChI is InChI=1S/C15H19NO2/c1-10-8-9-11(2)16(10)15(17)14-13(18-14)12-6-4-3-5-7-12/h3-7,10-11,13-14H,8-9H2,1-2H3/t10-,11-,13-,14-/m1/s1. The van der Waals surface area contributed by atoms with Crippen LogP contribution in [0.5, 0.6) is 0 Å². The average Bonchev–Trinajstić information content (AvgIpc) is 3.11. The van der Waals surface area contributed by atoms with Crippen molar-refractivity contribution in [2.24, 2.45) is 0 Å². The van der Waals surface area contributed by atoms with Crippen molar-refractivity contribution in [2.45, 2.75) is 51.0 Å². The van der Waals surface area contributed by atoms with Gasteiger partial charge in [-0.2, -0.15) is 0 Å². The van der Waals surface area contributed by atoms with E-state index in [4.69, 9.17) is 4.74 Å². The van der Waals surface area contributed by atoms with Gasteiger partial charge in [-0.1, -0.05) is 30.3 Å². The van der Waals surface area contributed by atoms with E-state index in [9.17, 15) is 4.79 Å². The molecule has 0 unspecified atom stereocenters. The van der Waals surface area contributed by atoms with Crippen LogP contribution in [-0.4, -0.2) is 29.0 Å². The molecule has 0 aliphatic carbocycles. The predicted molar refractivity (Wildman–Crippen MR) is 69.1 cm³/mol. The van der Waals surface area contributed by atoms with Gasteiger partial charge in [0.1, 0.15) is 6.10 Å². The Labute approximate surface area is 108 Å². The van der Waals surface area contributed by atoms with E-state index < -0.39 is 0 Å². The van der Waals surface area contributed by atoms with Crippen LogP contribution in [0.2, 0.25) is 0 Å². The SMILES string of the molecule is C[C@@H]1CC[C@@H](C)N1C(=O)[C@@H]1O[C@@H]1c1ccccc1. The lowest BCUT2D eigenvalue weighted by atomic mass is 10.1. The number of carbonyl (C=O) groups is 1. The van der Waals surface area contributed by atoms with Gasteiger partial charge in [0.15, 0.2) is 6.10 Å². The number of rotatable bonds is 2. The first kappa shape index (κ1) is 11.7. The molecule has 2 heterocycles. The zero-order valence-electron chi connectivity index (χ0n) is 10.9. The zero-order valence-corrected chi connectivity index (χ0v) is 10.9. The molecule has 96 valence electrons. The maximum atomic E-state index is 12.4. The van der Waals surface area contributed by atoms with Gasteiger partial charge in [-0.05, 0) is 32.3 Å². The molecule has 2 aliphatic rings. The molecule has 2 saturated heterocycles. The fourth-order valence-corrected chi connectivity index (χ4v) is 2.97. The molecule has 0 spiro atoms. The number of hydrogen-bond acceptors (Lipinski definition) is 2. The summed E-state index contributed by atoms with van der Waals surface area (Å²) in [5.74, 6) is 0.168. The van der Waals surface area contributed by atoms with Gasteiger partial charge in [0, 0.05) is 12.1 Å². The summed E-state index contributed by atoms with van der Waals surface area (Å²) in [6.45, 7) is 4.25. The Morgan fingerprint density at radius 2 is 1.78 bits per heavy atom. The van der Waals surface area contributed by atoms with Crippen LogP contribution in [0.15, 0.2) is 30.3 Å². The van der Waals surface area contributed by atoms with E-state index in [1.807, 2.05) is 35.2 Å². The number of ether oxygens (including phenoxy) is 1. The Hall–Kier alpha value is -1.35. The smallest absolute Gasteiger partial charge is 0.255 e. The van der Waals surface area contributed by atoms with Gasteiger partial charge in [-0.3, -0.25) is 4.79 Å². The van der Waals surface area contributed by atoms with Crippen molar-refractivity contribution in [1.82, 2.24) is 4.90 Å². The van der Waals surface area contributed by atoms with Gasteiger partial charge in [-0.15, -0.1) is 0 Å². The Kier molecular flexibility index (Phi) is 2.86. The highest BCUT2D eigenvalue weighted by Gasteiger charge is 2.50. The summed E-state index contributed by atoms with van der Waals surface area (Å²) in [7, 11) is 0. The van der Waals surface area contributed by atoms with Crippen LogP contribution >= 0.6 is 0 Å². The second-order valence-corrected chi connectivity index (χ2v) is 5.41. The molecular formula is C15H19NO2. The Morgan fingerprint density at radius 1 is 1.17 bits per heavy atom. The first-order valence-electron chi connectivity index (χ1n) is 6.71. The molecule has 0 bridgehead atoms. The average molecular weight is 245 g/mol. The van der Waals surface area contributed by atoms with Gasteiger partial charge >= 0.3 is 0 Å². The number of carbonyl (C=O) groups excluding carboxylic acids is 1. The summed E-state index contributed by atoms with van der Waals surface area (Å²) < 4.78 is 5.58. The number of epoxide rings is 1. The molecule has 3 nitrogen and oxygen atoms in total. The highest BCUT2D eigenvalue weighted by molar-refractivity contribution is 5.85. The maximum Gasteiger partial charge on any atom is 0.255 e. The number of benzene rings is 1. The van der Waals surface area contributed by atoms with Crippen molar-refractivity contribution in [3.63, 3.8) is 0 Å². The van der Waals surface area contributed by atoms with Crippen molar-refractivity contribution in [3.05, 3.63) is 35.9 Å². The number of nitrogens with zero attached hydrogens (tertiary/aromatic N) is 1. The van der Waals surface area contributed by atoms with Crippen LogP contribution in [-0.2, 0) is 9.53 Å². The molecule has 0 radical (unpaired) electrons. The van der Waals surface area contributed by atoms with Crippen molar-refractivity contribution >= 4 is 5.91 Å². The fourth-order valence-electron chi connectivity index (χ4n) is 2.97. The maximum absolute atomic E-state index is 12.4. The summed E-state index contributed by atoms with van der Waals surface area (Å²) in [5.41, 5.74) is 1.11. The Bertz CT molecular complexity index is 435. The molecule has 1 amide bonds. The second kappa shape index (κ2) is 4.39. The monoisotopic (exact) mass is 245 g/mol. The highest BCUT2D eigenvalue weighted by Crippen LogP contribution is 2.41. The van der Waals surface area contributed by atoms with E-state index in [2.05, 4.69) is 13.8 Å². The lowest BCUT2D eigenvalue weighted by Crippen LogP contribution is -2.41. The second-order valence-electron chi connectivity index (χ2n) is 5.41. The van der Waals surface area contributed by atoms with Crippen molar-refractivity contribution in [1.29, 1.82) is 0 Å². The lowest BCUT2D eigenvalue weighted by Gasteiger charge is -2.25. The van der Waals surface area contributed by atoms with Gasteiger partial charge in [-0.25, -0.2) is 0 Å². The predicted octanol–water partition coefficient (Wildman–Crippen LogP) is 2.53. The highest BCUT2D eigenvalue weighted by atomic mass is 16.6. The van der Waals surface area contributed by atoms with Crippen LogP contribution in [0.4, 0.5) is 0 Å². The summed E-state index contributed by atoms with van der Waals surface area (Å²) in [6.07, 6.45) is 1.93. The third kappa shape index (κ3) is 1.93. The van der Waals surface area contributed by atoms with Gasteiger partial charge in [0.05, 0.1) is 0 Å². The molecule has 0 aromatic heterocycles. The van der Waals surface area contributed by atoms with Crippen molar-refractivity contribution < 1.29 is 9.53 Å². The summed E-state index contributed by atoms with van der Waals surface area (Å²) in [6, 6.07) is 10.7. The Balaban J connectivity index is 1.69. The summed E-state index contributed by atoms with van der Waals surface area (Å²) >= 11 is 0. The van der Waals surface area contributed by atoms with Gasteiger partial charge in [0.2, 0.25) is 0 Å². The molecule has 3 rings (SSSR count). The summed E-state index contributed by atoms with van der Waals surface area (Å²) in [5, 5.41) is 0. The summed E-state index contributed by atoms with van der Waals surface area (Å²) in [4.78, 5) is 14.4. The largest absolute Gasteiger partial charge is 0.354 e. The van der Waals surface area contributed by atoms with E-state index in [-0.39, 0.29) is 18.1 Å². The van der Waals surface area contributed by atoms with Gasteiger partial charge < -0.3 is 9.64 Å². The van der Waals surface area contributed by atoms with Crippen LogP contribution in [0.25, 0.3) is 0 Å². The first-order valence-corrected chi connectivity index (χ1v) is 6.71. The number of likely N-dealkylation sites (tertiary alicyclic amines) is 1. The molecule has 3 heteroatoms. The quantitative estimate of drug-likeness (QED) is 0.750. The third-order valence-electron chi connectivity index (χ3n) is 4.07. The first-order chi connectivity index (χ1) is 8.68. The molecule has 0 saturated carbocycles. The molecule has 4 atom stereocenters. The van der Waals surface area contributed by atoms with E-state index >= 15 is 0 Å². The van der Waals surface area contributed by atoms with Crippen LogP contribution in [0, 0.1) is 0 Å². The number of amides is 1. The molecule has 18 heavy (non-hydrogen) atoms. The molecule has 1 aromatic rings. The normalized spacial score (nSPS) is 34.7. The Morgan fingerprint density at radius 3 is 2.39 bits per heavy atom. The van der Waals surface area contributed by atoms with Gasteiger partial charge in [0.25, 0.3) is 5.91 Å². The van der Waals surface area contributed by atoms with Crippen LogP contribution in [0.3, 0.4) is 0 Å². The number of hydrogen-bond donors (Lipinski definition) is 0. The van der Waals surface area contributed by atoms with Crippen molar-refractivity contribution in [2.75, 3.05) is 0 Å². The minimum Gasteiger partial charge on any atom is -0.354 e. The van der Waals surface area contributed by atoms with E-state index in [1.54, 1.807) is 0 Å². The molecule has 2 aliphatic heterocycles.